The fraction of sp³-hybridized carbons (Fsp3) is 0.900. The van der Waals surface area contributed by atoms with E-state index < -0.39 is 17.9 Å². The van der Waals surface area contributed by atoms with E-state index >= 15 is 0 Å². The molecule has 0 radical (unpaired) electrons. The molecule has 1 aliphatic carbocycles. The van der Waals surface area contributed by atoms with Crippen molar-refractivity contribution in [2.75, 3.05) is 20.7 Å². The fourth-order valence-electron chi connectivity index (χ4n) is 2.18. The van der Waals surface area contributed by atoms with Crippen molar-refractivity contribution < 1.29 is 18.3 Å². The summed E-state index contributed by atoms with van der Waals surface area (Å²) in [5.41, 5.74) is 4.88. The average molecular weight is 236 g/mol. The molecule has 0 heterocycles. The van der Waals surface area contributed by atoms with E-state index in [1.54, 1.807) is 11.9 Å². The average Bonchev–Trinajstić information content (AvgIpc) is 2.60. The van der Waals surface area contributed by atoms with Crippen LogP contribution in [-0.2, 0) is 9.53 Å². The Kier molecular flexibility index (Phi) is 4.21. The summed E-state index contributed by atoms with van der Waals surface area (Å²) in [6.07, 6.45) is -0.855. The van der Waals surface area contributed by atoms with Crippen molar-refractivity contribution in [3.63, 3.8) is 0 Å². The molecule has 4 nitrogen and oxygen atoms in total. The zero-order valence-electron chi connectivity index (χ0n) is 9.58. The number of nitrogens with zero attached hydrogens (tertiary/aromatic N) is 1. The second-order valence-corrected chi connectivity index (χ2v) is 4.38. The number of hydrogen-bond acceptors (Lipinski definition) is 4. The highest BCUT2D eigenvalue weighted by molar-refractivity contribution is 5.81. The Morgan fingerprint density at radius 3 is 2.81 bits per heavy atom. The second kappa shape index (κ2) is 5.05. The van der Waals surface area contributed by atoms with E-state index in [2.05, 4.69) is 4.74 Å². The molecular weight excluding hydrogens is 218 g/mol. The second-order valence-electron chi connectivity index (χ2n) is 4.38. The van der Waals surface area contributed by atoms with Gasteiger partial charge < -0.3 is 10.5 Å². The minimum absolute atomic E-state index is 0.0712. The largest absolute Gasteiger partial charge is 0.468 e. The molecule has 0 amide bonds. The molecule has 0 spiro atoms. The number of ether oxygens (including phenoxy) is 1. The molecule has 1 aliphatic rings. The first-order valence-corrected chi connectivity index (χ1v) is 5.25. The van der Waals surface area contributed by atoms with E-state index in [-0.39, 0.29) is 12.6 Å². The number of halogens is 2. The van der Waals surface area contributed by atoms with Crippen LogP contribution in [0.5, 0.6) is 0 Å². The topological polar surface area (TPSA) is 55.6 Å². The van der Waals surface area contributed by atoms with Crippen LogP contribution in [0.4, 0.5) is 8.78 Å². The van der Waals surface area contributed by atoms with Gasteiger partial charge in [0.05, 0.1) is 13.7 Å². The number of nitrogens with two attached hydrogens (primary N) is 1. The van der Waals surface area contributed by atoms with Gasteiger partial charge in [-0.1, -0.05) is 0 Å². The van der Waals surface area contributed by atoms with Gasteiger partial charge in [-0.3, -0.25) is 9.69 Å². The fourth-order valence-corrected chi connectivity index (χ4v) is 2.18. The molecule has 2 N–H and O–H groups in total. The van der Waals surface area contributed by atoms with E-state index in [9.17, 15) is 13.6 Å². The smallest absolute Gasteiger partial charge is 0.325 e. The Hall–Kier alpha value is -0.750. The molecule has 0 saturated heterocycles. The number of rotatable bonds is 4. The van der Waals surface area contributed by atoms with Crippen molar-refractivity contribution in [3.8, 4) is 0 Å². The van der Waals surface area contributed by atoms with Gasteiger partial charge in [0.2, 0.25) is 0 Å². The van der Waals surface area contributed by atoms with E-state index in [0.29, 0.717) is 19.3 Å². The number of carbonyl (C=O) groups excluding carboxylic acids is 1. The molecular formula is C10H18F2N2O2. The van der Waals surface area contributed by atoms with Gasteiger partial charge in [-0.25, -0.2) is 8.78 Å². The third kappa shape index (κ3) is 2.89. The first kappa shape index (κ1) is 13.3. The lowest BCUT2D eigenvalue weighted by atomic mass is 9.99. The van der Waals surface area contributed by atoms with Crippen LogP contribution in [0, 0.1) is 0 Å². The van der Waals surface area contributed by atoms with Gasteiger partial charge in [-0.05, 0) is 26.3 Å². The summed E-state index contributed by atoms with van der Waals surface area (Å²) in [7, 11) is 2.91. The van der Waals surface area contributed by atoms with E-state index in [4.69, 9.17) is 5.73 Å². The van der Waals surface area contributed by atoms with E-state index in [1.165, 1.54) is 7.11 Å². The standard InChI is InChI=1S/C10H18F2N2O2/c1-14(6-8(11)12)7-3-4-10(13,5-7)9(15)16-2/h7-8H,3-6,13H2,1-2H3. The minimum atomic E-state index is -2.36. The first-order valence-electron chi connectivity index (χ1n) is 5.25. The molecule has 1 fully saturated rings. The molecule has 94 valence electrons. The molecule has 0 aromatic rings. The Bertz CT molecular complexity index is 263. The lowest BCUT2D eigenvalue weighted by Crippen LogP contribution is -2.48. The lowest BCUT2D eigenvalue weighted by molar-refractivity contribution is -0.146. The molecule has 1 saturated carbocycles. The summed E-state index contributed by atoms with van der Waals surface area (Å²) in [6, 6.07) is -0.0712. The zero-order valence-corrected chi connectivity index (χ0v) is 9.58. The Balaban J connectivity index is 2.54. The predicted octanol–water partition coefficient (Wildman–Crippen LogP) is 0.606. The van der Waals surface area contributed by atoms with Gasteiger partial charge >= 0.3 is 5.97 Å². The minimum Gasteiger partial charge on any atom is -0.468 e. The maximum Gasteiger partial charge on any atom is 0.325 e. The highest BCUT2D eigenvalue weighted by Crippen LogP contribution is 2.31. The number of carbonyl (C=O) groups is 1. The van der Waals surface area contributed by atoms with Crippen LogP contribution in [0.15, 0.2) is 0 Å². The molecule has 1 rings (SSSR count). The zero-order chi connectivity index (χ0) is 12.3. The molecule has 6 heteroatoms. The van der Waals surface area contributed by atoms with Crippen molar-refractivity contribution in [2.45, 2.75) is 37.3 Å². The maximum atomic E-state index is 12.2. The van der Waals surface area contributed by atoms with Gasteiger partial charge in [0, 0.05) is 6.04 Å². The van der Waals surface area contributed by atoms with Gasteiger partial charge in [-0.15, -0.1) is 0 Å². The van der Waals surface area contributed by atoms with Crippen molar-refractivity contribution in [3.05, 3.63) is 0 Å². The van der Waals surface area contributed by atoms with Gasteiger partial charge in [-0.2, -0.15) is 0 Å². The van der Waals surface area contributed by atoms with Crippen LogP contribution >= 0.6 is 0 Å². The van der Waals surface area contributed by atoms with Crippen molar-refractivity contribution >= 4 is 5.97 Å². The highest BCUT2D eigenvalue weighted by atomic mass is 19.3. The quantitative estimate of drug-likeness (QED) is 0.726. The number of alkyl halides is 2. The Morgan fingerprint density at radius 2 is 2.31 bits per heavy atom. The van der Waals surface area contributed by atoms with Crippen LogP contribution in [0.1, 0.15) is 19.3 Å². The molecule has 16 heavy (non-hydrogen) atoms. The Labute approximate surface area is 93.7 Å². The monoisotopic (exact) mass is 236 g/mol. The molecule has 2 atom stereocenters. The molecule has 0 bridgehead atoms. The first-order chi connectivity index (χ1) is 7.39. The van der Waals surface area contributed by atoms with Crippen molar-refractivity contribution in [1.29, 1.82) is 0 Å². The number of hydrogen-bond donors (Lipinski definition) is 1. The van der Waals surface area contributed by atoms with Gasteiger partial charge in [0.15, 0.2) is 0 Å². The van der Waals surface area contributed by atoms with Crippen LogP contribution in [-0.4, -0.2) is 49.6 Å². The summed E-state index contributed by atoms with van der Waals surface area (Å²) in [6.45, 7) is -0.290. The van der Waals surface area contributed by atoms with Crippen LogP contribution in [0.3, 0.4) is 0 Å². The summed E-state index contributed by atoms with van der Waals surface area (Å²) in [5, 5.41) is 0. The molecule has 0 aromatic carbocycles. The van der Waals surface area contributed by atoms with Gasteiger partial charge in [0.25, 0.3) is 6.43 Å². The van der Waals surface area contributed by atoms with Gasteiger partial charge in [0.1, 0.15) is 5.54 Å². The van der Waals surface area contributed by atoms with E-state index in [0.717, 1.165) is 0 Å². The highest BCUT2D eigenvalue weighted by Gasteiger charge is 2.44. The third-order valence-electron chi connectivity index (χ3n) is 3.16. The normalized spacial score (nSPS) is 30.1. The molecule has 0 aromatic heterocycles. The Morgan fingerprint density at radius 1 is 1.69 bits per heavy atom. The number of esters is 1. The van der Waals surface area contributed by atoms with Crippen molar-refractivity contribution in [1.82, 2.24) is 4.90 Å². The predicted molar refractivity (Wildman–Crippen MR) is 55.2 cm³/mol. The molecule has 0 aliphatic heterocycles. The summed E-state index contributed by atoms with van der Waals surface area (Å²) < 4.78 is 29.0. The third-order valence-corrected chi connectivity index (χ3v) is 3.16. The molecule has 2 unspecified atom stereocenters. The van der Waals surface area contributed by atoms with Crippen LogP contribution in [0.25, 0.3) is 0 Å². The lowest BCUT2D eigenvalue weighted by Gasteiger charge is -2.26. The summed E-state index contributed by atoms with van der Waals surface area (Å²) in [4.78, 5) is 13.0. The summed E-state index contributed by atoms with van der Waals surface area (Å²) >= 11 is 0. The maximum absolute atomic E-state index is 12.2. The summed E-state index contributed by atoms with van der Waals surface area (Å²) in [5.74, 6) is -0.458. The van der Waals surface area contributed by atoms with Crippen molar-refractivity contribution in [2.24, 2.45) is 5.73 Å². The number of methoxy groups -OCH3 is 1. The SMILES string of the molecule is COC(=O)C1(N)CCC(N(C)CC(F)F)C1. The van der Waals surface area contributed by atoms with Crippen LogP contribution in [0.2, 0.25) is 0 Å². The van der Waals surface area contributed by atoms with Crippen LogP contribution < -0.4 is 5.73 Å². The van der Waals surface area contributed by atoms with E-state index in [1.807, 2.05) is 0 Å².